The molecule has 3 aromatic carbocycles. The minimum Gasteiger partial charge on any atom is -0.303 e. The molecule has 0 aliphatic carbocycles. The second kappa shape index (κ2) is 11.5. The van der Waals surface area contributed by atoms with Gasteiger partial charge in [0.25, 0.3) is 0 Å². The normalized spacial score (nSPS) is 16.0. The Morgan fingerprint density at radius 3 is 1.56 bits per heavy atom. The van der Waals surface area contributed by atoms with Gasteiger partial charge in [-0.05, 0) is 97.9 Å². The molecular weight excluding hydrogens is 555 g/mol. The number of likely N-dealkylation sites (tertiary alicyclic amines) is 1. The summed E-state index contributed by atoms with van der Waals surface area (Å²) < 4.78 is 72.9. The van der Waals surface area contributed by atoms with Crippen LogP contribution >= 0.6 is 0 Å². The van der Waals surface area contributed by atoms with E-state index in [0.717, 1.165) is 49.2 Å². The molecule has 1 saturated heterocycles. The molecule has 210 valence electrons. The van der Waals surface area contributed by atoms with Crippen LogP contribution in [0.3, 0.4) is 0 Å². The molecule has 10 heteroatoms. The highest BCUT2D eigenvalue weighted by molar-refractivity contribution is 7.91. The quantitative estimate of drug-likeness (QED) is 0.366. The van der Waals surface area contributed by atoms with Crippen molar-refractivity contribution in [2.24, 2.45) is 0 Å². The summed E-state index contributed by atoms with van der Waals surface area (Å²) in [6, 6.07) is 21.0. The van der Waals surface area contributed by atoms with Crippen molar-refractivity contribution in [2.45, 2.75) is 45.8 Å². The third-order valence-electron chi connectivity index (χ3n) is 7.46. The number of rotatable bonds is 9. The van der Waals surface area contributed by atoms with Crippen LogP contribution in [0.5, 0.6) is 0 Å². The van der Waals surface area contributed by atoms with Crippen molar-refractivity contribution < 1.29 is 25.3 Å². The highest BCUT2D eigenvalue weighted by Gasteiger charge is 2.24. The van der Waals surface area contributed by atoms with Crippen molar-refractivity contribution >= 4 is 29.5 Å². The lowest BCUT2D eigenvalue weighted by Gasteiger charge is -2.33. The highest BCUT2D eigenvalue weighted by Crippen LogP contribution is 2.33. The first-order chi connectivity index (χ1) is 18.2. The Morgan fingerprint density at radius 2 is 1.10 bits per heavy atom. The van der Waals surface area contributed by atoms with Crippen LogP contribution in [0.4, 0.5) is 0 Å². The van der Waals surface area contributed by atoms with Gasteiger partial charge in [-0.15, -0.1) is 0 Å². The molecule has 0 aromatic heterocycles. The molecule has 0 unspecified atom stereocenters. The Bertz CT molecular complexity index is 1580. The predicted octanol–water partition coefficient (Wildman–Crippen LogP) is 4.30. The molecule has 3 aromatic rings. The molecule has 1 aliphatic heterocycles. The lowest BCUT2D eigenvalue weighted by atomic mass is 9.87. The molecule has 0 bridgehead atoms. The molecule has 39 heavy (non-hydrogen) atoms. The maximum absolute atomic E-state index is 12.2. The molecule has 7 nitrogen and oxygen atoms in total. The Balaban J connectivity index is 1.53. The molecule has 0 radical (unpaired) electrons. The van der Waals surface area contributed by atoms with Gasteiger partial charge in [0, 0.05) is 24.7 Å². The lowest BCUT2D eigenvalue weighted by Crippen LogP contribution is -2.34. The summed E-state index contributed by atoms with van der Waals surface area (Å²) in [5, 5.41) is 0. The molecule has 0 saturated carbocycles. The lowest BCUT2D eigenvalue weighted by molar-refractivity contribution is 0.207. The van der Waals surface area contributed by atoms with Crippen molar-refractivity contribution in [3.05, 3.63) is 89.5 Å². The monoisotopic (exact) mass is 589 g/mol. The van der Waals surface area contributed by atoms with Gasteiger partial charge in [-0.3, -0.25) is 0 Å². The summed E-state index contributed by atoms with van der Waals surface area (Å²) in [7, 11) is -10.0. The number of hydrogen-bond donors (Lipinski definition) is 0. The third-order valence-corrected chi connectivity index (χ3v) is 10.8. The van der Waals surface area contributed by atoms with E-state index in [2.05, 4.69) is 4.90 Å². The maximum atomic E-state index is 12.2. The van der Waals surface area contributed by atoms with E-state index in [1.165, 1.54) is 18.8 Å². The summed E-state index contributed by atoms with van der Waals surface area (Å²) in [5.74, 6) is 0.106. The Morgan fingerprint density at radius 1 is 0.667 bits per heavy atom. The van der Waals surface area contributed by atoms with Crippen molar-refractivity contribution in [2.75, 3.05) is 38.4 Å². The molecule has 1 fully saturated rings. The summed E-state index contributed by atoms with van der Waals surface area (Å²) >= 11 is 0. The van der Waals surface area contributed by atoms with Crippen LogP contribution in [0, 0.1) is 0 Å². The maximum Gasteiger partial charge on any atom is 0.175 e. The van der Waals surface area contributed by atoms with Gasteiger partial charge in [-0.25, -0.2) is 25.3 Å². The Hall–Kier alpha value is -2.53. The fourth-order valence-corrected chi connectivity index (χ4v) is 7.28. The van der Waals surface area contributed by atoms with Crippen molar-refractivity contribution in [3.63, 3.8) is 0 Å². The first kappa shape index (κ1) is 29.5. The fraction of sp³-hybridized carbons (Fsp3) is 0.379. The zero-order chi connectivity index (χ0) is 28.4. The Kier molecular flexibility index (Phi) is 8.70. The van der Waals surface area contributed by atoms with E-state index >= 15 is 0 Å². The average molecular weight is 590 g/mol. The number of sulfone groups is 3. The van der Waals surface area contributed by atoms with Gasteiger partial charge in [0.15, 0.2) is 29.5 Å². The minimum absolute atomic E-state index is 0.183. The van der Waals surface area contributed by atoms with E-state index < -0.39 is 29.5 Å². The van der Waals surface area contributed by atoms with Crippen molar-refractivity contribution in [1.82, 2.24) is 4.90 Å². The third kappa shape index (κ3) is 7.57. The van der Waals surface area contributed by atoms with Gasteiger partial charge in [0.2, 0.25) is 0 Å². The van der Waals surface area contributed by atoms with E-state index in [4.69, 9.17) is 0 Å². The zero-order valence-corrected chi connectivity index (χ0v) is 24.9. The standard InChI is InChI=1S/C29H35NO6S3/c1-37(31,32)26-10-4-7-23(19-26)22-13-16-30(17-14-22)18-15-29(24-8-5-11-27(20-24)38(2,33)34)25-9-6-12-28(21-25)39(3,35)36/h4-12,19-22,29H,13-18H2,1-3H3. The van der Waals surface area contributed by atoms with Gasteiger partial charge in [0.05, 0.1) is 14.7 Å². The van der Waals surface area contributed by atoms with Crippen LogP contribution < -0.4 is 0 Å². The minimum atomic E-state index is -3.40. The molecule has 0 atom stereocenters. The molecule has 0 amide bonds. The zero-order valence-electron chi connectivity index (χ0n) is 22.4. The van der Waals surface area contributed by atoms with E-state index in [9.17, 15) is 25.3 Å². The van der Waals surface area contributed by atoms with Gasteiger partial charge >= 0.3 is 0 Å². The van der Waals surface area contributed by atoms with Crippen LogP contribution in [-0.2, 0) is 29.5 Å². The summed E-state index contributed by atoms with van der Waals surface area (Å²) in [6.07, 6.45) is 6.09. The highest BCUT2D eigenvalue weighted by atomic mass is 32.2. The van der Waals surface area contributed by atoms with Gasteiger partial charge in [-0.2, -0.15) is 0 Å². The summed E-state index contributed by atoms with van der Waals surface area (Å²) in [5.41, 5.74) is 2.71. The summed E-state index contributed by atoms with van der Waals surface area (Å²) in [4.78, 5) is 3.19. The smallest absolute Gasteiger partial charge is 0.175 e. The van der Waals surface area contributed by atoms with E-state index in [0.29, 0.717) is 11.3 Å². The van der Waals surface area contributed by atoms with Crippen molar-refractivity contribution in [3.8, 4) is 0 Å². The molecule has 0 spiro atoms. The fourth-order valence-electron chi connectivity index (χ4n) is 5.25. The molecule has 4 rings (SSSR count). The first-order valence-electron chi connectivity index (χ1n) is 12.8. The second-order valence-corrected chi connectivity index (χ2v) is 16.5. The van der Waals surface area contributed by atoms with Crippen LogP contribution in [0.15, 0.2) is 87.5 Å². The van der Waals surface area contributed by atoms with Crippen LogP contribution in [-0.4, -0.2) is 68.6 Å². The van der Waals surface area contributed by atoms with Crippen molar-refractivity contribution in [1.29, 1.82) is 0 Å². The Labute approximate surface area is 232 Å². The van der Waals surface area contributed by atoms with Gasteiger partial charge < -0.3 is 4.90 Å². The number of benzene rings is 3. The van der Waals surface area contributed by atoms with E-state index in [-0.39, 0.29) is 21.6 Å². The molecular formula is C29H35NO6S3. The van der Waals surface area contributed by atoms with E-state index in [1.54, 1.807) is 54.6 Å². The molecule has 1 heterocycles. The molecule has 0 N–H and O–H groups in total. The topological polar surface area (TPSA) is 106 Å². The second-order valence-electron chi connectivity index (χ2n) is 10.5. The van der Waals surface area contributed by atoms with Crippen LogP contribution in [0.25, 0.3) is 0 Å². The van der Waals surface area contributed by atoms with Crippen LogP contribution in [0.1, 0.15) is 47.8 Å². The molecule has 1 aliphatic rings. The first-order valence-corrected chi connectivity index (χ1v) is 18.5. The van der Waals surface area contributed by atoms with Gasteiger partial charge in [-0.1, -0.05) is 36.4 Å². The van der Waals surface area contributed by atoms with Gasteiger partial charge in [0.1, 0.15) is 0 Å². The van der Waals surface area contributed by atoms with E-state index in [1.807, 2.05) is 18.2 Å². The SMILES string of the molecule is CS(=O)(=O)c1cccc(C2CCN(CCC(c3cccc(S(C)(=O)=O)c3)c3cccc(S(C)(=O)=O)c3)CC2)c1. The number of piperidine rings is 1. The average Bonchev–Trinajstić information content (AvgIpc) is 2.88. The number of hydrogen-bond acceptors (Lipinski definition) is 7. The van der Waals surface area contributed by atoms with Crippen LogP contribution in [0.2, 0.25) is 0 Å². The number of nitrogens with zero attached hydrogens (tertiary/aromatic N) is 1. The summed E-state index contributed by atoms with van der Waals surface area (Å²) in [6.45, 7) is 2.47. The predicted molar refractivity (Wildman–Crippen MR) is 154 cm³/mol. The largest absolute Gasteiger partial charge is 0.303 e.